The van der Waals surface area contributed by atoms with Gasteiger partial charge in [0.2, 0.25) is 0 Å². The lowest BCUT2D eigenvalue weighted by atomic mass is 10.1. The first-order chi connectivity index (χ1) is 8.40. The van der Waals surface area contributed by atoms with Gasteiger partial charge in [-0.3, -0.25) is 4.79 Å². The second kappa shape index (κ2) is 6.05. The fourth-order valence-electron chi connectivity index (χ4n) is 1.73. The van der Waals surface area contributed by atoms with Crippen LogP contribution in [0.15, 0.2) is 12.1 Å². The van der Waals surface area contributed by atoms with E-state index in [0.717, 1.165) is 16.7 Å². The Morgan fingerprint density at radius 3 is 2.28 bits per heavy atom. The maximum atomic E-state index is 11.5. The standard InChI is InChI=1S/C13H17NO4/c1-8-6-9(2)12(10(3)7-8)18-13(17)14-5-4-11(15)16/h6-7H,4-5H2,1-3H3,(H,14,17)(H,15,16). The summed E-state index contributed by atoms with van der Waals surface area (Å²) in [5.74, 6) is -0.438. The number of carbonyl (C=O) groups excluding carboxylic acids is 1. The quantitative estimate of drug-likeness (QED) is 0.860. The Morgan fingerprint density at radius 1 is 1.22 bits per heavy atom. The molecule has 0 aliphatic heterocycles. The van der Waals surface area contributed by atoms with Gasteiger partial charge < -0.3 is 15.2 Å². The van der Waals surface area contributed by atoms with E-state index >= 15 is 0 Å². The molecular formula is C13H17NO4. The van der Waals surface area contributed by atoms with Crippen molar-refractivity contribution in [2.24, 2.45) is 0 Å². The average Bonchev–Trinajstić information content (AvgIpc) is 2.22. The zero-order chi connectivity index (χ0) is 13.7. The van der Waals surface area contributed by atoms with E-state index in [4.69, 9.17) is 9.84 Å². The Kier molecular flexibility index (Phi) is 4.71. The van der Waals surface area contributed by atoms with Crippen molar-refractivity contribution in [3.05, 3.63) is 28.8 Å². The molecule has 98 valence electrons. The number of aliphatic carboxylic acids is 1. The minimum Gasteiger partial charge on any atom is -0.481 e. The highest BCUT2D eigenvalue weighted by Gasteiger charge is 2.10. The lowest BCUT2D eigenvalue weighted by molar-refractivity contribution is -0.136. The van der Waals surface area contributed by atoms with Crippen molar-refractivity contribution in [1.82, 2.24) is 5.32 Å². The van der Waals surface area contributed by atoms with Crippen LogP contribution < -0.4 is 10.1 Å². The summed E-state index contributed by atoms with van der Waals surface area (Å²) in [6.07, 6.45) is -0.757. The molecule has 0 heterocycles. The second-order valence-corrected chi connectivity index (χ2v) is 4.19. The van der Waals surface area contributed by atoms with Crippen molar-refractivity contribution in [2.45, 2.75) is 27.2 Å². The fraction of sp³-hybridized carbons (Fsp3) is 0.385. The third-order valence-corrected chi connectivity index (χ3v) is 2.41. The Morgan fingerprint density at radius 2 is 1.78 bits per heavy atom. The largest absolute Gasteiger partial charge is 0.481 e. The van der Waals surface area contributed by atoms with Crippen LogP contribution >= 0.6 is 0 Å². The second-order valence-electron chi connectivity index (χ2n) is 4.19. The Bertz CT molecular complexity index is 445. The van der Waals surface area contributed by atoms with Gasteiger partial charge in [0.05, 0.1) is 6.42 Å². The minimum absolute atomic E-state index is 0.0537. The molecule has 0 bridgehead atoms. The molecule has 0 aliphatic rings. The first-order valence-electron chi connectivity index (χ1n) is 5.65. The number of nitrogens with one attached hydrogen (secondary N) is 1. The smallest absolute Gasteiger partial charge is 0.412 e. The molecule has 5 heteroatoms. The van der Waals surface area contributed by atoms with Crippen molar-refractivity contribution >= 4 is 12.1 Å². The number of amides is 1. The van der Waals surface area contributed by atoms with Crippen LogP contribution in [0, 0.1) is 20.8 Å². The molecule has 5 nitrogen and oxygen atoms in total. The molecule has 2 N–H and O–H groups in total. The van der Waals surface area contributed by atoms with E-state index in [-0.39, 0.29) is 13.0 Å². The molecule has 0 unspecified atom stereocenters. The van der Waals surface area contributed by atoms with E-state index in [2.05, 4.69) is 5.32 Å². The molecule has 18 heavy (non-hydrogen) atoms. The Hall–Kier alpha value is -2.04. The summed E-state index contributed by atoms with van der Waals surface area (Å²) in [6, 6.07) is 3.85. The number of ether oxygens (including phenoxy) is 1. The predicted molar refractivity (Wildman–Crippen MR) is 66.9 cm³/mol. The zero-order valence-corrected chi connectivity index (χ0v) is 10.7. The number of rotatable bonds is 4. The molecule has 0 aromatic heterocycles. The van der Waals surface area contributed by atoms with Gasteiger partial charge >= 0.3 is 12.1 Å². The summed E-state index contributed by atoms with van der Waals surface area (Å²) in [4.78, 5) is 21.7. The summed E-state index contributed by atoms with van der Waals surface area (Å²) >= 11 is 0. The number of hydrogen-bond donors (Lipinski definition) is 2. The van der Waals surface area contributed by atoms with Gasteiger partial charge in [-0.05, 0) is 31.9 Å². The van der Waals surface area contributed by atoms with E-state index in [0.29, 0.717) is 5.75 Å². The van der Waals surface area contributed by atoms with Crippen molar-refractivity contribution in [2.75, 3.05) is 6.54 Å². The molecule has 1 rings (SSSR count). The Balaban J connectivity index is 2.62. The zero-order valence-electron chi connectivity index (χ0n) is 10.7. The monoisotopic (exact) mass is 251 g/mol. The molecule has 0 saturated carbocycles. The van der Waals surface area contributed by atoms with Gasteiger partial charge in [0.15, 0.2) is 0 Å². The molecular weight excluding hydrogens is 234 g/mol. The van der Waals surface area contributed by atoms with Crippen molar-refractivity contribution < 1.29 is 19.4 Å². The summed E-state index contributed by atoms with van der Waals surface area (Å²) < 4.78 is 5.17. The molecule has 0 radical (unpaired) electrons. The van der Waals surface area contributed by atoms with Crippen molar-refractivity contribution in [3.63, 3.8) is 0 Å². The minimum atomic E-state index is -0.960. The van der Waals surface area contributed by atoms with E-state index in [1.807, 2.05) is 32.9 Å². The number of benzene rings is 1. The third-order valence-electron chi connectivity index (χ3n) is 2.41. The van der Waals surface area contributed by atoms with Crippen LogP contribution in [0.4, 0.5) is 4.79 Å². The lowest BCUT2D eigenvalue weighted by Gasteiger charge is -2.11. The molecule has 0 aliphatic carbocycles. The van der Waals surface area contributed by atoms with Gasteiger partial charge in [-0.15, -0.1) is 0 Å². The summed E-state index contributed by atoms with van der Waals surface area (Å²) in [5.41, 5.74) is 2.85. The maximum absolute atomic E-state index is 11.5. The molecule has 0 spiro atoms. The van der Waals surface area contributed by atoms with Gasteiger partial charge in [0.25, 0.3) is 0 Å². The molecule has 0 fully saturated rings. The van der Waals surface area contributed by atoms with Gasteiger partial charge in [-0.2, -0.15) is 0 Å². The lowest BCUT2D eigenvalue weighted by Crippen LogP contribution is -2.29. The van der Waals surface area contributed by atoms with Crippen LogP contribution in [0.3, 0.4) is 0 Å². The highest BCUT2D eigenvalue weighted by atomic mass is 16.6. The van der Waals surface area contributed by atoms with Gasteiger partial charge in [-0.1, -0.05) is 17.7 Å². The maximum Gasteiger partial charge on any atom is 0.412 e. The SMILES string of the molecule is Cc1cc(C)c(OC(=O)NCCC(=O)O)c(C)c1. The summed E-state index contributed by atoms with van der Waals surface area (Å²) in [6.45, 7) is 5.74. The van der Waals surface area contributed by atoms with Crippen LogP contribution in [-0.4, -0.2) is 23.7 Å². The van der Waals surface area contributed by atoms with Gasteiger partial charge in [0.1, 0.15) is 5.75 Å². The number of carboxylic acids is 1. The summed E-state index contributed by atoms with van der Waals surface area (Å²) in [7, 11) is 0. The molecule has 1 aromatic rings. The molecule has 0 atom stereocenters. The highest BCUT2D eigenvalue weighted by Crippen LogP contribution is 2.24. The van der Waals surface area contributed by atoms with Crippen molar-refractivity contribution in [3.8, 4) is 5.75 Å². The fourth-order valence-corrected chi connectivity index (χ4v) is 1.73. The molecule has 1 amide bonds. The molecule has 1 aromatic carbocycles. The molecule has 0 saturated heterocycles. The first kappa shape index (κ1) is 14.0. The first-order valence-corrected chi connectivity index (χ1v) is 5.65. The predicted octanol–water partition coefficient (Wildman–Crippen LogP) is 2.17. The van der Waals surface area contributed by atoms with Crippen molar-refractivity contribution in [1.29, 1.82) is 0 Å². The highest BCUT2D eigenvalue weighted by molar-refractivity contribution is 5.73. The number of hydrogen-bond acceptors (Lipinski definition) is 3. The van der Waals surface area contributed by atoms with Crippen LogP contribution in [0.25, 0.3) is 0 Å². The number of carboxylic acid groups (broad SMARTS) is 1. The van der Waals surface area contributed by atoms with Gasteiger partial charge in [-0.25, -0.2) is 4.79 Å². The Labute approximate surface area is 106 Å². The van der Waals surface area contributed by atoms with E-state index in [1.165, 1.54) is 0 Å². The van der Waals surface area contributed by atoms with Crippen LogP contribution in [0.5, 0.6) is 5.75 Å². The van der Waals surface area contributed by atoms with E-state index < -0.39 is 12.1 Å². The van der Waals surface area contributed by atoms with E-state index in [1.54, 1.807) is 0 Å². The topological polar surface area (TPSA) is 75.6 Å². The van der Waals surface area contributed by atoms with Gasteiger partial charge in [0, 0.05) is 6.54 Å². The van der Waals surface area contributed by atoms with E-state index in [9.17, 15) is 9.59 Å². The average molecular weight is 251 g/mol. The normalized spacial score (nSPS) is 9.94. The van der Waals surface area contributed by atoms with Crippen LogP contribution in [0.1, 0.15) is 23.1 Å². The third kappa shape index (κ3) is 4.08. The summed E-state index contributed by atoms with van der Waals surface area (Å²) in [5, 5.41) is 10.8. The van der Waals surface area contributed by atoms with Crippen LogP contribution in [0.2, 0.25) is 0 Å². The number of aryl methyl sites for hydroxylation is 3. The number of carbonyl (C=O) groups is 2. The van der Waals surface area contributed by atoms with Crippen LogP contribution in [-0.2, 0) is 4.79 Å².